The van der Waals surface area contributed by atoms with Crippen LogP contribution < -0.4 is 11.1 Å². The maximum Gasteiger partial charge on any atom is 0.352 e. The molecule has 4 N–H and O–H groups in total. The first-order chi connectivity index (χ1) is 20.3. The first-order valence-corrected chi connectivity index (χ1v) is 13.7. The van der Waals surface area contributed by atoms with Crippen molar-refractivity contribution in [3.63, 3.8) is 0 Å². The molecule has 2 aliphatic carbocycles. The molecule has 9 nitrogen and oxygen atoms in total. The van der Waals surface area contributed by atoms with Crippen molar-refractivity contribution in [3.05, 3.63) is 104 Å². The Hall–Kier alpha value is -4.48. The molecule has 248 valence electrons. The van der Waals surface area contributed by atoms with Crippen LogP contribution in [0.5, 0.6) is 0 Å². The molecule has 2 aliphatic rings. The monoisotopic (exact) mass is 678 g/mol. The topological polar surface area (TPSA) is 136 Å². The van der Waals surface area contributed by atoms with Crippen LogP contribution in [0.15, 0.2) is 48.8 Å². The molecule has 6 rings (SSSR count). The molecule has 2 heterocycles. The minimum absolute atomic E-state index is 0. The van der Waals surface area contributed by atoms with E-state index in [0.717, 1.165) is 5.56 Å². The number of ketones is 2. The first-order valence-electron chi connectivity index (χ1n) is 12.9. The van der Waals surface area contributed by atoms with E-state index >= 15 is 0 Å². The normalized spacial score (nSPS) is 12.1. The van der Waals surface area contributed by atoms with Gasteiger partial charge in [-0.1, -0.05) is 45.5 Å². The Morgan fingerprint density at radius 1 is 0.783 bits per heavy atom. The molecule has 0 aliphatic heterocycles. The Bertz CT molecular complexity index is 1780. The van der Waals surface area contributed by atoms with Crippen LogP contribution in [0.3, 0.4) is 0 Å². The average molecular weight is 680 g/mol. The molecule has 13 heteroatoms. The zero-order chi connectivity index (χ0) is 31.6. The summed E-state index contributed by atoms with van der Waals surface area (Å²) in [4.78, 5) is 46.1. The smallest absolute Gasteiger partial charge is 0.352 e. The van der Waals surface area contributed by atoms with Gasteiger partial charge in [0.05, 0.1) is 10.0 Å². The number of aromatic carboxylic acids is 1. The van der Waals surface area contributed by atoms with Crippen molar-refractivity contribution in [1.82, 2.24) is 9.13 Å². The van der Waals surface area contributed by atoms with E-state index < -0.39 is 17.6 Å². The Morgan fingerprint density at radius 3 is 1.70 bits per heavy atom. The summed E-state index contributed by atoms with van der Waals surface area (Å²) in [5, 5.41) is 11.6. The van der Waals surface area contributed by atoms with Gasteiger partial charge in [-0.15, -0.1) is 0 Å². The second-order valence-corrected chi connectivity index (χ2v) is 10.7. The number of halogens is 4. The summed E-state index contributed by atoms with van der Waals surface area (Å²) in [6.45, 7) is 0. The first kappa shape index (κ1) is 39.5. The highest BCUT2D eigenvalue weighted by Crippen LogP contribution is 2.28. The van der Waals surface area contributed by atoms with E-state index in [1.54, 1.807) is 31.1 Å². The van der Waals surface area contributed by atoms with Gasteiger partial charge >= 0.3 is 5.97 Å². The van der Waals surface area contributed by atoms with Crippen molar-refractivity contribution in [2.24, 2.45) is 14.1 Å². The largest absolute Gasteiger partial charge is 0.477 e. The van der Waals surface area contributed by atoms with Crippen molar-refractivity contribution in [2.45, 2.75) is 48.0 Å². The molecular formula is C33H38Cl2F2N4O5. The Kier molecular flexibility index (Phi) is 13.9. The molecule has 46 heavy (non-hydrogen) atoms. The molecule has 0 radical (unpaired) electrons. The molecule has 0 bridgehead atoms. The van der Waals surface area contributed by atoms with Crippen LogP contribution in [-0.2, 0) is 26.9 Å². The van der Waals surface area contributed by atoms with Crippen LogP contribution in [0.4, 0.5) is 20.2 Å². The number of anilines is 2. The second-order valence-electron chi connectivity index (χ2n) is 9.87. The zero-order valence-corrected chi connectivity index (χ0v) is 24.5. The van der Waals surface area contributed by atoms with Gasteiger partial charge in [-0.3, -0.25) is 14.4 Å². The van der Waals surface area contributed by atoms with E-state index in [4.69, 9.17) is 34.0 Å². The Labute approximate surface area is 276 Å². The predicted molar refractivity (Wildman–Crippen MR) is 178 cm³/mol. The third kappa shape index (κ3) is 8.41. The van der Waals surface area contributed by atoms with Gasteiger partial charge in [-0.05, 0) is 60.4 Å². The SMILES string of the molecule is C.C.C.Cn1cc2c(c1C(=O)Nc1ccc(F)c(Cl)c1)CCC2=O.Cn1cc2c(c1C(=O)O)CCC2=O.Nc1ccc(F)c(Cl)c1. The number of aromatic nitrogens is 2. The van der Waals surface area contributed by atoms with Gasteiger partial charge in [0.15, 0.2) is 11.6 Å². The number of nitrogen functional groups attached to an aromatic ring is 1. The van der Waals surface area contributed by atoms with E-state index in [1.807, 2.05) is 0 Å². The predicted octanol–water partition coefficient (Wildman–Crippen LogP) is 8.02. The standard InChI is InChI=1S/C15H12ClFN2O2.C9H9NO3.C6H5ClFN.3CH4/c1-19-7-10-9(3-5-13(10)20)14(19)15(21)18-8-2-4-12(17)11(16)6-8;1-10-4-6-5(2-3-7(6)11)8(10)9(12)13;7-5-3-4(9)1-2-6(5)8;;;/h2,4,6-7H,3,5H2,1H3,(H,18,21);4H,2-3H2,1H3,(H,12,13);1-3H,9H2;3*1H4. The number of hydrogen-bond acceptors (Lipinski definition) is 5. The molecule has 0 saturated heterocycles. The summed E-state index contributed by atoms with van der Waals surface area (Å²) in [7, 11) is 3.37. The van der Waals surface area contributed by atoms with E-state index in [-0.39, 0.29) is 55.5 Å². The maximum atomic E-state index is 13.1. The van der Waals surface area contributed by atoms with Gasteiger partial charge < -0.3 is 25.3 Å². The average Bonchev–Trinajstić information content (AvgIpc) is 3.66. The van der Waals surface area contributed by atoms with Gasteiger partial charge in [0, 0.05) is 61.8 Å². The number of amides is 1. The number of nitrogens with one attached hydrogen (secondary N) is 1. The van der Waals surface area contributed by atoms with Crippen LogP contribution in [0.2, 0.25) is 10.0 Å². The number of fused-ring (bicyclic) bond motifs is 2. The quantitative estimate of drug-likeness (QED) is 0.188. The van der Waals surface area contributed by atoms with Crippen LogP contribution >= 0.6 is 23.2 Å². The minimum atomic E-state index is -0.960. The third-order valence-electron chi connectivity index (χ3n) is 6.92. The summed E-state index contributed by atoms with van der Waals surface area (Å²) < 4.78 is 28.6. The molecule has 2 aromatic carbocycles. The summed E-state index contributed by atoms with van der Waals surface area (Å²) in [6.07, 6.45) is 5.31. The van der Waals surface area contributed by atoms with Gasteiger partial charge in [-0.2, -0.15) is 0 Å². The molecule has 1 amide bonds. The molecule has 0 fully saturated rings. The van der Waals surface area contributed by atoms with Crippen LogP contribution in [-0.4, -0.2) is 37.7 Å². The number of Topliss-reactive ketones (excluding diaryl/α,β-unsaturated/α-hetero) is 2. The van der Waals surface area contributed by atoms with Crippen molar-refractivity contribution >= 4 is 58.0 Å². The zero-order valence-electron chi connectivity index (χ0n) is 23.0. The van der Waals surface area contributed by atoms with Crippen molar-refractivity contribution < 1.29 is 33.1 Å². The fourth-order valence-corrected chi connectivity index (χ4v) is 5.31. The molecule has 0 unspecified atom stereocenters. The second kappa shape index (κ2) is 16.2. The number of nitrogens with two attached hydrogens (primary N) is 1. The van der Waals surface area contributed by atoms with E-state index in [1.165, 1.54) is 41.0 Å². The van der Waals surface area contributed by atoms with Gasteiger partial charge in [0.1, 0.15) is 23.0 Å². The van der Waals surface area contributed by atoms with Crippen LogP contribution in [0.1, 0.15) is 87.9 Å². The summed E-state index contributed by atoms with van der Waals surface area (Å²) in [6, 6.07) is 8.04. The number of rotatable bonds is 3. The summed E-state index contributed by atoms with van der Waals surface area (Å²) in [5.41, 5.74) is 9.52. The lowest BCUT2D eigenvalue weighted by Crippen LogP contribution is -2.17. The van der Waals surface area contributed by atoms with Crippen molar-refractivity contribution in [3.8, 4) is 0 Å². The fraction of sp³-hybridized carbons (Fsp3) is 0.273. The lowest BCUT2D eigenvalue weighted by atomic mass is 10.1. The number of nitrogens with zero attached hydrogens (tertiary/aromatic N) is 2. The number of carbonyl (C=O) groups is 4. The minimum Gasteiger partial charge on any atom is -0.477 e. The number of benzene rings is 2. The number of aryl methyl sites for hydroxylation is 2. The van der Waals surface area contributed by atoms with E-state index in [2.05, 4.69) is 5.32 Å². The van der Waals surface area contributed by atoms with E-state index in [0.29, 0.717) is 59.4 Å². The van der Waals surface area contributed by atoms with Crippen LogP contribution in [0, 0.1) is 11.6 Å². The molecule has 0 spiro atoms. The number of hydrogen-bond donors (Lipinski definition) is 3. The van der Waals surface area contributed by atoms with Crippen molar-refractivity contribution in [1.29, 1.82) is 0 Å². The highest BCUT2D eigenvalue weighted by atomic mass is 35.5. The fourth-order valence-electron chi connectivity index (χ4n) is 4.94. The summed E-state index contributed by atoms with van der Waals surface area (Å²) >= 11 is 11.0. The lowest BCUT2D eigenvalue weighted by Gasteiger charge is -2.08. The number of carboxylic acid groups (broad SMARTS) is 1. The maximum absolute atomic E-state index is 13.1. The highest BCUT2D eigenvalue weighted by Gasteiger charge is 2.29. The molecular weight excluding hydrogens is 641 g/mol. The Morgan fingerprint density at radius 2 is 1.24 bits per heavy atom. The Balaban J connectivity index is 0.000000365. The highest BCUT2D eigenvalue weighted by molar-refractivity contribution is 6.31. The van der Waals surface area contributed by atoms with E-state index in [9.17, 15) is 28.0 Å². The molecule has 0 atom stereocenters. The number of carboxylic acids is 1. The number of carbonyl (C=O) groups excluding carboxylic acids is 3. The van der Waals surface area contributed by atoms with Gasteiger partial charge in [-0.25, -0.2) is 13.6 Å². The third-order valence-corrected chi connectivity index (χ3v) is 7.50. The van der Waals surface area contributed by atoms with Crippen molar-refractivity contribution in [2.75, 3.05) is 11.1 Å². The lowest BCUT2D eigenvalue weighted by molar-refractivity contribution is 0.0684. The summed E-state index contributed by atoms with van der Waals surface area (Å²) in [5.74, 6) is -2.16. The molecule has 0 saturated carbocycles. The molecule has 4 aromatic rings. The van der Waals surface area contributed by atoms with Crippen LogP contribution in [0.25, 0.3) is 0 Å². The van der Waals surface area contributed by atoms with Gasteiger partial charge in [0.25, 0.3) is 5.91 Å². The molecule has 2 aromatic heterocycles. The van der Waals surface area contributed by atoms with Gasteiger partial charge in [0.2, 0.25) is 0 Å².